The lowest BCUT2D eigenvalue weighted by Crippen LogP contribution is -2.26. The molecule has 0 unspecified atom stereocenters. The van der Waals surface area contributed by atoms with E-state index in [1.165, 1.54) is 6.92 Å². The highest BCUT2D eigenvalue weighted by molar-refractivity contribution is 6.30. The molecule has 0 spiro atoms. The molecular weight excluding hydrogens is 240 g/mol. The van der Waals surface area contributed by atoms with Crippen molar-refractivity contribution in [3.05, 3.63) is 34.9 Å². The number of benzene rings is 1. The van der Waals surface area contributed by atoms with Gasteiger partial charge in [0.2, 0.25) is 0 Å². The second-order valence-corrected chi connectivity index (χ2v) is 4.19. The zero-order chi connectivity index (χ0) is 12.8. The van der Waals surface area contributed by atoms with Crippen LogP contribution in [0.25, 0.3) is 0 Å². The number of Topliss-reactive ketones (excluding diaryl/α,β-unsaturated/α-hetero) is 1. The average molecular weight is 255 g/mol. The largest absolute Gasteiger partial charge is 0.465 e. The van der Waals surface area contributed by atoms with Gasteiger partial charge in [-0.3, -0.25) is 9.59 Å². The fourth-order valence-electron chi connectivity index (χ4n) is 1.54. The highest BCUT2D eigenvalue weighted by Gasteiger charge is 2.24. The van der Waals surface area contributed by atoms with Crippen LogP contribution in [0.1, 0.15) is 19.4 Å². The number of rotatable bonds is 5. The molecule has 0 radical (unpaired) electrons. The van der Waals surface area contributed by atoms with E-state index in [2.05, 4.69) is 0 Å². The number of carbonyl (C=O) groups is 2. The highest BCUT2D eigenvalue weighted by Crippen LogP contribution is 2.16. The van der Waals surface area contributed by atoms with Gasteiger partial charge in [0.05, 0.1) is 6.61 Å². The molecule has 4 heteroatoms. The summed E-state index contributed by atoms with van der Waals surface area (Å²) in [7, 11) is 0. The third-order valence-corrected chi connectivity index (χ3v) is 2.63. The minimum absolute atomic E-state index is 0.191. The molecule has 0 bridgehead atoms. The summed E-state index contributed by atoms with van der Waals surface area (Å²) in [4.78, 5) is 23.0. The monoisotopic (exact) mass is 254 g/mol. The first-order valence-electron chi connectivity index (χ1n) is 5.46. The van der Waals surface area contributed by atoms with E-state index in [1.807, 2.05) is 6.07 Å². The third-order valence-electron chi connectivity index (χ3n) is 2.39. The first-order chi connectivity index (χ1) is 8.04. The summed E-state index contributed by atoms with van der Waals surface area (Å²) in [5.74, 6) is -1.41. The van der Waals surface area contributed by atoms with Crippen LogP contribution >= 0.6 is 11.6 Å². The lowest BCUT2D eigenvalue weighted by atomic mass is 9.96. The number of ether oxygens (including phenoxy) is 1. The molecule has 92 valence electrons. The van der Waals surface area contributed by atoms with Gasteiger partial charge in [-0.25, -0.2) is 0 Å². The van der Waals surface area contributed by atoms with Gasteiger partial charge in [-0.05, 0) is 38.0 Å². The van der Waals surface area contributed by atoms with E-state index in [-0.39, 0.29) is 12.4 Å². The Morgan fingerprint density at radius 1 is 1.41 bits per heavy atom. The maximum Gasteiger partial charge on any atom is 0.316 e. The van der Waals surface area contributed by atoms with Crippen molar-refractivity contribution in [1.82, 2.24) is 0 Å². The molecular formula is C13H15ClO3. The van der Waals surface area contributed by atoms with Crippen molar-refractivity contribution in [3.8, 4) is 0 Å². The van der Waals surface area contributed by atoms with Crippen LogP contribution in [0.2, 0.25) is 5.02 Å². The second kappa shape index (κ2) is 6.40. The molecule has 1 rings (SSSR count). The first-order valence-corrected chi connectivity index (χ1v) is 5.84. The molecule has 1 aromatic carbocycles. The predicted octanol–water partition coefficient (Wildman–Crippen LogP) is 2.65. The Balaban J connectivity index is 2.80. The summed E-state index contributed by atoms with van der Waals surface area (Å²) >= 11 is 5.85. The van der Waals surface area contributed by atoms with Gasteiger partial charge in [0.15, 0.2) is 0 Å². The molecule has 0 saturated carbocycles. The van der Waals surface area contributed by atoms with E-state index in [9.17, 15) is 9.59 Å². The van der Waals surface area contributed by atoms with E-state index in [1.54, 1.807) is 25.1 Å². The Morgan fingerprint density at radius 3 is 2.65 bits per heavy atom. The number of hydrogen-bond donors (Lipinski definition) is 0. The summed E-state index contributed by atoms with van der Waals surface area (Å²) in [6.45, 7) is 3.39. The number of ketones is 1. The highest BCUT2D eigenvalue weighted by atomic mass is 35.5. The standard InChI is InChI=1S/C13H15ClO3/c1-3-17-13(16)12(9(2)15)8-10-5-4-6-11(14)7-10/h4-7,12H,3,8H2,1-2H3/t12-/m1/s1. The molecule has 0 N–H and O–H groups in total. The molecule has 0 aliphatic carbocycles. The maximum atomic E-state index is 11.6. The average Bonchev–Trinajstić information content (AvgIpc) is 2.26. The molecule has 0 aliphatic rings. The Hall–Kier alpha value is -1.35. The van der Waals surface area contributed by atoms with Crippen LogP contribution in [0.5, 0.6) is 0 Å². The SMILES string of the molecule is CCOC(=O)[C@H](Cc1cccc(Cl)c1)C(C)=O. The Morgan fingerprint density at radius 2 is 2.12 bits per heavy atom. The number of esters is 1. The normalized spacial score (nSPS) is 11.9. The van der Waals surface area contributed by atoms with Crippen molar-refractivity contribution in [2.45, 2.75) is 20.3 Å². The summed E-state index contributed by atoms with van der Waals surface area (Å²) in [5.41, 5.74) is 0.853. The van der Waals surface area contributed by atoms with Crippen LogP contribution in [0.4, 0.5) is 0 Å². The molecule has 1 aromatic rings. The zero-order valence-electron chi connectivity index (χ0n) is 9.90. The van der Waals surface area contributed by atoms with Gasteiger partial charge in [-0.15, -0.1) is 0 Å². The Kier molecular flexibility index (Phi) is 5.16. The number of halogens is 1. The van der Waals surface area contributed by atoms with Crippen LogP contribution in [0.15, 0.2) is 24.3 Å². The summed E-state index contributed by atoms with van der Waals surface area (Å²) < 4.78 is 4.88. The van der Waals surface area contributed by atoms with Gasteiger partial charge in [0.25, 0.3) is 0 Å². The minimum atomic E-state index is -0.742. The molecule has 0 amide bonds. The molecule has 0 aliphatic heterocycles. The van der Waals surface area contributed by atoms with Gasteiger partial charge >= 0.3 is 5.97 Å². The molecule has 3 nitrogen and oxygen atoms in total. The molecule has 0 aromatic heterocycles. The van der Waals surface area contributed by atoms with Crippen LogP contribution < -0.4 is 0 Å². The smallest absolute Gasteiger partial charge is 0.316 e. The fraction of sp³-hybridized carbons (Fsp3) is 0.385. The van der Waals surface area contributed by atoms with Crippen molar-refractivity contribution in [3.63, 3.8) is 0 Å². The van der Waals surface area contributed by atoms with E-state index in [0.29, 0.717) is 11.4 Å². The van der Waals surface area contributed by atoms with Crippen LogP contribution in [-0.4, -0.2) is 18.4 Å². The van der Waals surface area contributed by atoms with E-state index >= 15 is 0 Å². The molecule has 0 heterocycles. The van der Waals surface area contributed by atoms with Crippen LogP contribution in [-0.2, 0) is 20.7 Å². The van der Waals surface area contributed by atoms with Gasteiger partial charge in [-0.2, -0.15) is 0 Å². The van der Waals surface area contributed by atoms with Crippen LogP contribution in [0.3, 0.4) is 0 Å². The van der Waals surface area contributed by atoms with Gasteiger partial charge < -0.3 is 4.74 Å². The maximum absolute atomic E-state index is 11.6. The van der Waals surface area contributed by atoms with Gasteiger partial charge in [0.1, 0.15) is 11.7 Å². The van der Waals surface area contributed by atoms with Crippen molar-refractivity contribution in [2.75, 3.05) is 6.61 Å². The van der Waals surface area contributed by atoms with Gasteiger partial charge in [-0.1, -0.05) is 23.7 Å². The Bertz CT molecular complexity index is 415. The zero-order valence-corrected chi connectivity index (χ0v) is 10.7. The van der Waals surface area contributed by atoms with Crippen molar-refractivity contribution in [2.24, 2.45) is 5.92 Å². The lowest BCUT2D eigenvalue weighted by molar-refractivity contribution is -0.151. The second-order valence-electron chi connectivity index (χ2n) is 3.75. The number of hydrogen-bond acceptors (Lipinski definition) is 3. The minimum Gasteiger partial charge on any atom is -0.465 e. The van der Waals surface area contributed by atoms with E-state index in [0.717, 1.165) is 5.56 Å². The van der Waals surface area contributed by atoms with Gasteiger partial charge in [0, 0.05) is 5.02 Å². The quantitative estimate of drug-likeness (QED) is 0.599. The molecule has 17 heavy (non-hydrogen) atoms. The first kappa shape index (κ1) is 13.7. The predicted molar refractivity (Wildman–Crippen MR) is 66.0 cm³/mol. The fourth-order valence-corrected chi connectivity index (χ4v) is 1.75. The van der Waals surface area contributed by atoms with Crippen molar-refractivity contribution >= 4 is 23.4 Å². The van der Waals surface area contributed by atoms with Crippen molar-refractivity contribution < 1.29 is 14.3 Å². The van der Waals surface area contributed by atoms with Crippen LogP contribution in [0, 0.1) is 5.92 Å². The lowest BCUT2D eigenvalue weighted by Gasteiger charge is -2.12. The summed E-state index contributed by atoms with van der Waals surface area (Å²) in [5, 5.41) is 0.591. The van der Waals surface area contributed by atoms with Crippen molar-refractivity contribution in [1.29, 1.82) is 0 Å². The molecule has 0 saturated heterocycles. The summed E-state index contributed by atoms with van der Waals surface area (Å²) in [6.07, 6.45) is 0.328. The Labute approximate surface area is 106 Å². The molecule has 0 fully saturated rings. The molecule has 1 atom stereocenters. The van der Waals surface area contributed by atoms with E-state index in [4.69, 9.17) is 16.3 Å². The topological polar surface area (TPSA) is 43.4 Å². The summed E-state index contributed by atoms with van der Waals surface area (Å²) in [6, 6.07) is 7.12. The van der Waals surface area contributed by atoms with E-state index < -0.39 is 11.9 Å². The third kappa shape index (κ3) is 4.19. The number of carbonyl (C=O) groups excluding carboxylic acids is 2.